The fraction of sp³-hybridized carbons (Fsp3) is 1.00. The highest BCUT2D eigenvalue weighted by Crippen LogP contribution is 2.11. The maximum Gasteiger partial charge on any atom is 0.0480 e. The van der Waals surface area contributed by atoms with Crippen LogP contribution in [0.5, 0.6) is 0 Å². The van der Waals surface area contributed by atoms with E-state index in [4.69, 9.17) is 4.74 Å². The maximum atomic E-state index is 5.40. The number of rotatable bonds is 9. The van der Waals surface area contributed by atoms with Crippen LogP contribution in [0.25, 0.3) is 0 Å². The topological polar surface area (TPSA) is 27.7 Å². The van der Waals surface area contributed by atoms with Gasteiger partial charge in [0.25, 0.3) is 0 Å². The molecule has 0 atom stereocenters. The summed E-state index contributed by atoms with van der Waals surface area (Å²) in [6.07, 6.45) is 2.38. The molecule has 108 valence electrons. The van der Waals surface area contributed by atoms with Crippen molar-refractivity contribution < 1.29 is 4.74 Å². The van der Waals surface area contributed by atoms with Gasteiger partial charge in [0.1, 0.15) is 0 Å². The van der Waals surface area contributed by atoms with Crippen LogP contribution < -0.4 is 5.32 Å². The van der Waals surface area contributed by atoms with Gasteiger partial charge in [0.2, 0.25) is 0 Å². The predicted molar refractivity (Wildman–Crippen MR) is 77.1 cm³/mol. The first-order valence-corrected chi connectivity index (χ1v) is 7.49. The van der Waals surface area contributed by atoms with Crippen LogP contribution in [-0.2, 0) is 4.74 Å². The summed E-state index contributed by atoms with van der Waals surface area (Å²) in [5, 5.41) is 3.54. The molecule has 0 amide bonds. The zero-order chi connectivity index (χ0) is 13.2. The molecule has 0 bridgehead atoms. The minimum atomic E-state index is 0.725. The summed E-state index contributed by atoms with van der Waals surface area (Å²) in [5.41, 5.74) is 0. The standard InChI is InChI=1S/C14H31N3O/c1-4-17(5-2)11-9-15-8-10-16(3)14-6-12-18-13-7-14/h14-15H,4-13H2,1-3H3. The Kier molecular flexibility index (Phi) is 8.59. The Morgan fingerprint density at radius 1 is 1.06 bits per heavy atom. The van der Waals surface area contributed by atoms with Crippen LogP contribution in [0.4, 0.5) is 0 Å². The molecule has 1 aliphatic heterocycles. The van der Waals surface area contributed by atoms with Gasteiger partial charge in [0, 0.05) is 45.4 Å². The number of ether oxygens (including phenoxy) is 1. The fourth-order valence-electron chi connectivity index (χ4n) is 2.47. The Balaban J connectivity index is 1.99. The maximum absolute atomic E-state index is 5.40. The van der Waals surface area contributed by atoms with Gasteiger partial charge in [-0.05, 0) is 33.0 Å². The fourth-order valence-corrected chi connectivity index (χ4v) is 2.47. The molecule has 1 heterocycles. The van der Waals surface area contributed by atoms with Crippen LogP contribution in [0.1, 0.15) is 26.7 Å². The molecule has 0 saturated carbocycles. The van der Waals surface area contributed by atoms with Crippen LogP contribution in [-0.4, -0.2) is 75.4 Å². The third kappa shape index (κ3) is 6.14. The third-order valence-corrected chi connectivity index (χ3v) is 3.95. The minimum absolute atomic E-state index is 0.725. The molecule has 0 radical (unpaired) electrons. The number of nitrogens with one attached hydrogen (secondary N) is 1. The average molecular weight is 257 g/mol. The van der Waals surface area contributed by atoms with E-state index in [9.17, 15) is 0 Å². The summed E-state index contributed by atoms with van der Waals surface area (Å²) >= 11 is 0. The van der Waals surface area contributed by atoms with Gasteiger partial charge in [-0.3, -0.25) is 0 Å². The lowest BCUT2D eigenvalue weighted by atomic mass is 10.1. The molecular weight excluding hydrogens is 226 g/mol. The molecule has 1 saturated heterocycles. The van der Waals surface area contributed by atoms with Gasteiger partial charge in [0.05, 0.1) is 0 Å². The molecule has 0 aromatic carbocycles. The van der Waals surface area contributed by atoms with Crippen LogP contribution in [0.2, 0.25) is 0 Å². The first-order valence-electron chi connectivity index (χ1n) is 7.49. The van der Waals surface area contributed by atoms with E-state index in [0.717, 1.165) is 58.5 Å². The van der Waals surface area contributed by atoms with Crippen molar-refractivity contribution in [2.75, 3.05) is 59.5 Å². The van der Waals surface area contributed by atoms with Crippen molar-refractivity contribution in [3.8, 4) is 0 Å². The molecule has 1 rings (SSSR count). The van der Waals surface area contributed by atoms with E-state index in [1.807, 2.05) is 0 Å². The highest BCUT2D eigenvalue weighted by atomic mass is 16.5. The highest BCUT2D eigenvalue weighted by molar-refractivity contribution is 4.72. The lowest BCUT2D eigenvalue weighted by Crippen LogP contribution is -2.41. The van der Waals surface area contributed by atoms with Crippen molar-refractivity contribution in [3.05, 3.63) is 0 Å². The lowest BCUT2D eigenvalue weighted by Gasteiger charge is -2.31. The second-order valence-corrected chi connectivity index (χ2v) is 5.10. The Hall–Kier alpha value is -0.160. The van der Waals surface area contributed by atoms with Crippen molar-refractivity contribution in [1.82, 2.24) is 15.1 Å². The first kappa shape index (κ1) is 15.9. The number of nitrogens with zero attached hydrogens (tertiary/aromatic N) is 2. The van der Waals surface area contributed by atoms with E-state index in [2.05, 4.69) is 36.0 Å². The summed E-state index contributed by atoms with van der Waals surface area (Å²) in [4.78, 5) is 4.93. The molecule has 1 N–H and O–H groups in total. The van der Waals surface area contributed by atoms with Crippen LogP contribution in [0.3, 0.4) is 0 Å². The van der Waals surface area contributed by atoms with Crippen LogP contribution in [0, 0.1) is 0 Å². The van der Waals surface area contributed by atoms with Crippen molar-refractivity contribution in [1.29, 1.82) is 0 Å². The summed E-state index contributed by atoms with van der Waals surface area (Å²) in [5.74, 6) is 0. The molecule has 18 heavy (non-hydrogen) atoms. The quantitative estimate of drug-likeness (QED) is 0.624. The van der Waals surface area contributed by atoms with Gasteiger partial charge in [-0.2, -0.15) is 0 Å². The lowest BCUT2D eigenvalue weighted by molar-refractivity contribution is 0.0434. The van der Waals surface area contributed by atoms with Crippen molar-refractivity contribution in [2.45, 2.75) is 32.7 Å². The number of hydrogen-bond donors (Lipinski definition) is 1. The van der Waals surface area contributed by atoms with E-state index in [-0.39, 0.29) is 0 Å². The molecular formula is C14H31N3O. The van der Waals surface area contributed by atoms with Gasteiger partial charge >= 0.3 is 0 Å². The predicted octanol–water partition coefficient (Wildman–Crippen LogP) is 1.03. The van der Waals surface area contributed by atoms with Gasteiger partial charge in [-0.15, -0.1) is 0 Å². The normalized spacial score (nSPS) is 17.8. The van der Waals surface area contributed by atoms with E-state index in [0.29, 0.717) is 0 Å². The largest absolute Gasteiger partial charge is 0.381 e. The van der Waals surface area contributed by atoms with Crippen molar-refractivity contribution in [2.24, 2.45) is 0 Å². The summed E-state index contributed by atoms with van der Waals surface area (Å²) in [7, 11) is 2.24. The van der Waals surface area contributed by atoms with Gasteiger partial charge in [0.15, 0.2) is 0 Å². The Bertz CT molecular complexity index is 191. The molecule has 0 aromatic heterocycles. The molecule has 0 aliphatic carbocycles. The van der Waals surface area contributed by atoms with Gasteiger partial charge in [-0.25, -0.2) is 0 Å². The van der Waals surface area contributed by atoms with Crippen molar-refractivity contribution >= 4 is 0 Å². The third-order valence-electron chi connectivity index (χ3n) is 3.95. The van der Waals surface area contributed by atoms with E-state index in [1.54, 1.807) is 0 Å². The molecule has 0 spiro atoms. The summed E-state index contributed by atoms with van der Waals surface area (Å²) in [6, 6.07) is 0.725. The minimum Gasteiger partial charge on any atom is -0.381 e. The van der Waals surface area contributed by atoms with E-state index in [1.165, 1.54) is 12.8 Å². The van der Waals surface area contributed by atoms with Gasteiger partial charge < -0.3 is 19.9 Å². The average Bonchev–Trinajstić information content (AvgIpc) is 2.43. The molecule has 1 aliphatic rings. The van der Waals surface area contributed by atoms with Gasteiger partial charge in [-0.1, -0.05) is 13.8 Å². The Morgan fingerprint density at radius 3 is 2.28 bits per heavy atom. The number of likely N-dealkylation sites (N-methyl/N-ethyl adjacent to an activating group) is 2. The SMILES string of the molecule is CCN(CC)CCNCCN(C)C1CCOCC1. The second kappa shape index (κ2) is 9.73. The first-order chi connectivity index (χ1) is 8.77. The molecule has 0 unspecified atom stereocenters. The van der Waals surface area contributed by atoms with Crippen LogP contribution >= 0.6 is 0 Å². The van der Waals surface area contributed by atoms with E-state index >= 15 is 0 Å². The Morgan fingerprint density at radius 2 is 1.67 bits per heavy atom. The number of hydrogen-bond acceptors (Lipinski definition) is 4. The summed E-state index contributed by atoms with van der Waals surface area (Å²) < 4.78 is 5.40. The second-order valence-electron chi connectivity index (χ2n) is 5.10. The van der Waals surface area contributed by atoms with E-state index < -0.39 is 0 Å². The van der Waals surface area contributed by atoms with Crippen LogP contribution in [0.15, 0.2) is 0 Å². The molecule has 0 aromatic rings. The monoisotopic (exact) mass is 257 g/mol. The highest BCUT2D eigenvalue weighted by Gasteiger charge is 2.17. The Labute approximate surface area is 113 Å². The molecule has 4 heteroatoms. The zero-order valence-electron chi connectivity index (χ0n) is 12.5. The summed E-state index contributed by atoms with van der Waals surface area (Å²) in [6.45, 7) is 13.1. The molecule has 4 nitrogen and oxygen atoms in total. The zero-order valence-corrected chi connectivity index (χ0v) is 12.5. The molecule has 1 fully saturated rings. The van der Waals surface area contributed by atoms with Crippen molar-refractivity contribution in [3.63, 3.8) is 0 Å². The smallest absolute Gasteiger partial charge is 0.0480 e.